The molecular weight excluding hydrogens is 322 g/mol. The zero-order valence-electron chi connectivity index (χ0n) is 14.0. The van der Waals surface area contributed by atoms with Crippen molar-refractivity contribution in [2.45, 2.75) is 18.9 Å². The first-order valence-corrected chi connectivity index (χ1v) is 8.32. The van der Waals surface area contributed by atoms with E-state index in [2.05, 4.69) is 20.9 Å². The van der Waals surface area contributed by atoms with Crippen molar-refractivity contribution in [3.63, 3.8) is 0 Å². The maximum absolute atomic E-state index is 12.1. The summed E-state index contributed by atoms with van der Waals surface area (Å²) in [7, 11) is 1.36. The van der Waals surface area contributed by atoms with Crippen molar-refractivity contribution in [3.8, 4) is 11.5 Å². The van der Waals surface area contributed by atoms with Gasteiger partial charge in [-0.25, -0.2) is 14.8 Å². The highest BCUT2D eigenvalue weighted by Crippen LogP contribution is 2.40. The number of nitrogens with zero attached hydrogens (tertiary/aromatic N) is 3. The van der Waals surface area contributed by atoms with Gasteiger partial charge in [-0.05, 0) is 30.5 Å². The zero-order valence-corrected chi connectivity index (χ0v) is 14.0. The molecule has 1 aromatic carbocycles. The molecule has 25 heavy (non-hydrogen) atoms. The molecule has 0 saturated carbocycles. The molecule has 0 aliphatic carbocycles. The fourth-order valence-corrected chi connectivity index (χ4v) is 3.44. The molecule has 1 aromatic heterocycles. The van der Waals surface area contributed by atoms with E-state index in [0.717, 1.165) is 36.4 Å². The molecule has 0 radical (unpaired) electrons. The third-order valence-electron chi connectivity index (χ3n) is 4.57. The Morgan fingerprint density at radius 3 is 2.96 bits per heavy atom. The summed E-state index contributed by atoms with van der Waals surface area (Å²) >= 11 is 0. The Balaban J connectivity index is 1.69. The van der Waals surface area contributed by atoms with Crippen LogP contribution >= 0.6 is 0 Å². The van der Waals surface area contributed by atoms with Gasteiger partial charge in [-0.3, -0.25) is 0 Å². The minimum absolute atomic E-state index is 0.120. The summed E-state index contributed by atoms with van der Waals surface area (Å²) in [5.74, 6) is 1.73. The Hall–Kier alpha value is -2.83. The highest BCUT2D eigenvalue weighted by atomic mass is 16.6. The summed E-state index contributed by atoms with van der Waals surface area (Å²) in [6, 6.07) is 6.14. The van der Waals surface area contributed by atoms with E-state index in [-0.39, 0.29) is 6.04 Å². The van der Waals surface area contributed by atoms with Crippen LogP contribution in [0.3, 0.4) is 0 Å². The van der Waals surface area contributed by atoms with Gasteiger partial charge in [0.2, 0.25) is 0 Å². The minimum Gasteiger partial charge on any atom is -0.486 e. The number of hydrogen-bond acceptors (Lipinski definition) is 7. The minimum atomic E-state index is -0.427. The van der Waals surface area contributed by atoms with E-state index in [1.54, 1.807) is 0 Å². The summed E-state index contributed by atoms with van der Waals surface area (Å²) in [4.78, 5) is 22.5. The van der Waals surface area contributed by atoms with Gasteiger partial charge in [0.25, 0.3) is 0 Å². The van der Waals surface area contributed by atoms with E-state index in [0.29, 0.717) is 24.6 Å². The van der Waals surface area contributed by atoms with Crippen molar-refractivity contribution in [3.05, 3.63) is 41.9 Å². The van der Waals surface area contributed by atoms with Gasteiger partial charge in [-0.15, -0.1) is 0 Å². The van der Waals surface area contributed by atoms with Crippen molar-refractivity contribution in [1.82, 2.24) is 9.97 Å². The van der Waals surface area contributed by atoms with E-state index in [4.69, 9.17) is 14.2 Å². The number of rotatable bonds is 3. The second-order valence-electron chi connectivity index (χ2n) is 6.01. The molecule has 1 atom stereocenters. The van der Waals surface area contributed by atoms with E-state index in [1.807, 2.05) is 12.1 Å². The fraction of sp³-hybridized carbons (Fsp3) is 0.389. The second kappa shape index (κ2) is 6.58. The topological polar surface area (TPSA) is 73.8 Å². The predicted octanol–water partition coefficient (Wildman–Crippen LogP) is 2.38. The molecule has 7 nitrogen and oxygen atoms in total. The number of carbonyl (C=O) groups is 1. The first kappa shape index (κ1) is 15.7. The van der Waals surface area contributed by atoms with Crippen molar-refractivity contribution >= 4 is 11.8 Å². The smallest absolute Gasteiger partial charge is 0.343 e. The lowest BCUT2D eigenvalue weighted by atomic mass is 10.0. The van der Waals surface area contributed by atoms with E-state index in [1.165, 1.54) is 19.6 Å². The number of anilines is 1. The number of fused-ring (bicyclic) bond motifs is 1. The molecule has 1 fully saturated rings. The van der Waals surface area contributed by atoms with Crippen molar-refractivity contribution in [2.24, 2.45) is 0 Å². The molecule has 1 unspecified atom stereocenters. The molecule has 0 bridgehead atoms. The van der Waals surface area contributed by atoms with Crippen molar-refractivity contribution in [1.29, 1.82) is 0 Å². The van der Waals surface area contributed by atoms with Crippen LogP contribution in [0, 0.1) is 0 Å². The lowest BCUT2D eigenvalue weighted by Gasteiger charge is -2.28. The molecule has 3 heterocycles. The van der Waals surface area contributed by atoms with Gasteiger partial charge in [-0.2, -0.15) is 0 Å². The van der Waals surface area contributed by atoms with Gasteiger partial charge in [0.1, 0.15) is 30.9 Å². The summed E-state index contributed by atoms with van der Waals surface area (Å²) in [6.45, 7) is 1.95. The van der Waals surface area contributed by atoms with Crippen LogP contribution in [0.15, 0.2) is 30.7 Å². The molecule has 2 aromatic rings. The summed E-state index contributed by atoms with van der Waals surface area (Å²) < 4.78 is 16.2. The highest BCUT2D eigenvalue weighted by Gasteiger charge is 2.31. The third-order valence-corrected chi connectivity index (χ3v) is 4.57. The SMILES string of the molecule is COC(=O)c1cncnc1N1CCCC1c1ccc2c(c1)OCCO2. The molecule has 0 N–H and O–H groups in total. The molecule has 2 aliphatic rings. The Kier molecular flexibility index (Phi) is 4.13. The highest BCUT2D eigenvalue weighted by molar-refractivity contribution is 5.94. The number of aromatic nitrogens is 2. The third kappa shape index (κ3) is 2.86. The molecule has 7 heteroatoms. The number of hydrogen-bond donors (Lipinski definition) is 0. The summed E-state index contributed by atoms with van der Waals surface area (Å²) in [6.07, 6.45) is 4.96. The van der Waals surface area contributed by atoms with Gasteiger partial charge in [0, 0.05) is 12.7 Å². The predicted molar refractivity (Wildman–Crippen MR) is 90.1 cm³/mol. The Morgan fingerprint density at radius 1 is 1.28 bits per heavy atom. The van der Waals surface area contributed by atoms with Gasteiger partial charge >= 0.3 is 5.97 Å². The van der Waals surface area contributed by atoms with Crippen LogP contribution in [-0.2, 0) is 4.74 Å². The number of methoxy groups -OCH3 is 1. The molecule has 0 spiro atoms. The van der Waals surface area contributed by atoms with Crippen LogP contribution in [-0.4, -0.2) is 42.8 Å². The van der Waals surface area contributed by atoms with Crippen LogP contribution in [0.5, 0.6) is 11.5 Å². The van der Waals surface area contributed by atoms with E-state index in [9.17, 15) is 4.79 Å². The largest absolute Gasteiger partial charge is 0.486 e. The maximum atomic E-state index is 12.1. The number of esters is 1. The first-order chi connectivity index (χ1) is 12.3. The normalized spacial score (nSPS) is 18.9. The monoisotopic (exact) mass is 341 g/mol. The molecule has 1 saturated heterocycles. The molecular formula is C18H19N3O4. The fourth-order valence-electron chi connectivity index (χ4n) is 3.44. The Labute approximate surface area is 145 Å². The van der Waals surface area contributed by atoms with E-state index < -0.39 is 5.97 Å². The average molecular weight is 341 g/mol. The van der Waals surface area contributed by atoms with Gasteiger partial charge < -0.3 is 19.1 Å². The lowest BCUT2D eigenvalue weighted by Crippen LogP contribution is -2.26. The van der Waals surface area contributed by atoms with Crippen LogP contribution < -0.4 is 14.4 Å². The van der Waals surface area contributed by atoms with Crippen LogP contribution in [0.2, 0.25) is 0 Å². The molecule has 2 aliphatic heterocycles. The van der Waals surface area contributed by atoms with Gasteiger partial charge in [0.15, 0.2) is 11.5 Å². The Morgan fingerprint density at radius 2 is 2.12 bits per heavy atom. The lowest BCUT2D eigenvalue weighted by molar-refractivity contribution is 0.0600. The molecule has 0 amide bonds. The summed E-state index contributed by atoms with van der Waals surface area (Å²) in [5.41, 5.74) is 1.51. The molecule has 130 valence electrons. The quantitative estimate of drug-likeness (QED) is 0.794. The Bertz CT molecular complexity index is 796. The van der Waals surface area contributed by atoms with Crippen molar-refractivity contribution in [2.75, 3.05) is 31.8 Å². The van der Waals surface area contributed by atoms with Gasteiger partial charge in [-0.1, -0.05) is 6.07 Å². The zero-order chi connectivity index (χ0) is 17.2. The van der Waals surface area contributed by atoms with Crippen LogP contribution in [0.1, 0.15) is 34.8 Å². The second-order valence-corrected chi connectivity index (χ2v) is 6.01. The molecule has 4 rings (SSSR count). The van der Waals surface area contributed by atoms with E-state index >= 15 is 0 Å². The standard InChI is InChI=1S/C18H19N3O4/c1-23-18(22)13-10-19-11-20-17(13)21-6-2-3-14(21)12-4-5-15-16(9-12)25-8-7-24-15/h4-5,9-11,14H,2-3,6-8H2,1H3. The number of carbonyl (C=O) groups excluding carboxylic acids is 1. The number of ether oxygens (including phenoxy) is 3. The number of benzene rings is 1. The van der Waals surface area contributed by atoms with Gasteiger partial charge in [0.05, 0.1) is 13.2 Å². The first-order valence-electron chi connectivity index (χ1n) is 8.32. The summed E-state index contributed by atoms with van der Waals surface area (Å²) in [5, 5.41) is 0. The van der Waals surface area contributed by atoms with Crippen molar-refractivity contribution < 1.29 is 19.0 Å². The van der Waals surface area contributed by atoms with Crippen LogP contribution in [0.25, 0.3) is 0 Å². The van der Waals surface area contributed by atoms with Crippen LogP contribution in [0.4, 0.5) is 5.82 Å². The maximum Gasteiger partial charge on any atom is 0.343 e. The average Bonchev–Trinajstić information content (AvgIpc) is 3.16.